The van der Waals surface area contributed by atoms with Crippen molar-refractivity contribution in [3.63, 3.8) is 0 Å². The van der Waals surface area contributed by atoms with Crippen LogP contribution < -0.4 is 25.0 Å². The van der Waals surface area contributed by atoms with Crippen LogP contribution in [0.5, 0.6) is 23.0 Å². The summed E-state index contributed by atoms with van der Waals surface area (Å²) in [5.74, 6) is -2.22. The van der Waals surface area contributed by atoms with E-state index in [1.165, 1.54) is 18.2 Å². The van der Waals surface area contributed by atoms with E-state index in [0.717, 1.165) is 11.6 Å². The first-order valence-electron chi connectivity index (χ1n) is 11.6. The molecule has 1 amide bonds. The summed E-state index contributed by atoms with van der Waals surface area (Å²) < 4.78 is 62.9. The van der Waals surface area contributed by atoms with Gasteiger partial charge in [-0.15, -0.1) is 0 Å². The third-order valence-corrected chi connectivity index (χ3v) is 5.45. The second-order valence-corrected chi connectivity index (χ2v) is 8.41. The smallest absolute Gasteiger partial charge is 0.453 e. The Kier molecular flexibility index (Phi) is 7.61. The molecule has 0 unspecified atom stereocenters. The fourth-order valence-electron chi connectivity index (χ4n) is 3.60. The molecule has 0 spiro atoms. The number of ether oxygens (including phenoxy) is 3. The number of benzene rings is 3. The largest absolute Gasteiger partial charge is 0.494 e. The van der Waals surface area contributed by atoms with Gasteiger partial charge in [0.15, 0.2) is 6.61 Å². The van der Waals surface area contributed by atoms with Gasteiger partial charge in [-0.1, -0.05) is 12.1 Å². The van der Waals surface area contributed by atoms with Crippen LogP contribution in [0, 0.1) is 13.8 Å². The number of anilines is 1. The van der Waals surface area contributed by atoms with Crippen molar-refractivity contribution in [1.29, 1.82) is 0 Å². The molecule has 1 heterocycles. The van der Waals surface area contributed by atoms with Crippen LogP contribution in [0.2, 0.25) is 0 Å². The number of alkyl halides is 3. The quantitative estimate of drug-likeness (QED) is 0.277. The Labute approximate surface area is 215 Å². The normalized spacial score (nSPS) is 11.3. The lowest BCUT2D eigenvalue weighted by Gasteiger charge is -2.15. The Morgan fingerprint density at radius 3 is 2.34 bits per heavy atom. The van der Waals surface area contributed by atoms with Crippen LogP contribution in [-0.4, -0.2) is 19.1 Å². The van der Waals surface area contributed by atoms with E-state index in [2.05, 4.69) is 5.32 Å². The number of halogens is 3. The van der Waals surface area contributed by atoms with Gasteiger partial charge in [0.05, 0.1) is 12.0 Å². The summed E-state index contributed by atoms with van der Waals surface area (Å²) in [6, 6.07) is 15.4. The lowest BCUT2D eigenvalue weighted by atomic mass is 10.1. The van der Waals surface area contributed by atoms with Gasteiger partial charge in [0.25, 0.3) is 11.7 Å². The van der Waals surface area contributed by atoms with Crippen LogP contribution in [-0.2, 0) is 11.0 Å². The molecule has 7 nitrogen and oxygen atoms in total. The molecule has 198 valence electrons. The third-order valence-electron chi connectivity index (χ3n) is 5.45. The number of hydrogen-bond acceptors (Lipinski definition) is 6. The summed E-state index contributed by atoms with van der Waals surface area (Å²) in [6.07, 6.45) is -5.01. The molecular weight excluding hydrogens is 503 g/mol. The Morgan fingerprint density at radius 1 is 0.947 bits per heavy atom. The molecule has 0 saturated carbocycles. The molecule has 0 fully saturated rings. The highest BCUT2D eigenvalue weighted by molar-refractivity contribution is 5.92. The van der Waals surface area contributed by atoms with Crippen LogP contribution >= 0.6 is 0 Å². The molecule has 3 aromatic carbocycles. The van der Waals surface area contributed by atoms with Crippen molar-refractivity contribution in [3.8, 4) is 23.0 Å². The first-order chi connectivity index (χ1) is 18.0. The molecular formula is C28H24F3NO6. The highest BCUT2D eigenvalue weighted by atomic mass is 19.4. The Hall–Kier alpha value is -4.47. The zero-order valence-electron chi connectivity index (χ0n) is 20.8. The predicted octanol–water partition coefficient (Wildman–Crippen LogP) is 6.64. The van der Waals surface area contributed by atoms with E-state index in [9.17, 15) is 22.8 Å². The molecule has 1 N–H and O–H groups in total. The highest BCUT2D eigenvalue weighted by Gasteiger charge is 2.40. The number of fused-ring (bicyclic) bond motifs is 1. The molecule has 0 bridgehead atoms. The van der Waals surface area contributed by atoms with Crippen LogP contribution in [0.3, 0.4) is 0 Å². The van der Waals surface area contributed by atoms with Crippen molar-refractivity contribution in [3.05, 3.63) is 87.8 Å². The zero-order chi connectivity index (χ0) is 27.4. The standard InChI is InChI=1S/C28H24F3NO6/c1-4-35-19-9-7-18(8-10-19)32-24(33)15-36-20-11-12-21-23(14-20)38-27(28(29,30)31)26(25(21)34)37-22-13-16(2)5-6-17(22)3/h5-14H,4,15H2,1-3H3,(H,32,33). The third kappa shape index (κ3) is 6.08. The van der Waals surface area contributed by atoms with Gasteiger partial charge in [0.1, 0.15) is 22.8 Å². The topological polar surface area (TPSA) is 87.0 Å². The number of amides is 1. The van der Waals surface area contributed by atoms with Gasteiger partial charge in [0, 0.05) is 11.8 Å². The van der Waals surface area contributed by atoms with Gasteiger partial charge in [-0.05, 0) is 74.4 Å². The Morgan fingerprint density at radius 2 is 1.66 bits per heavy atom. The van der Waals surface area contributed by atoms with Crippen molar-refractivity contribution in [2.45, 2.75) is 26.9 Å². The lowest BCUT2D eigenvalue weighted by molar-refractivity contribution is -0.154. The van der Waals surface area contributed by atoms with Gasteiger partial charge in [-0.3, -0.25) is 9.59 Å². The van der Waals surface area contributed by atoms with Crippen LogP contribution in [0.25, 0.3) is 11.0 Å². The van der Waals surface area contributed by atoms with Crippen LogP contribution in [0.15, 0.2) is 69.9 Å². The molecule has 0 radical (unpaired) electrons. The summed E-state index contributed by atoms with van der Waals surface area (Å²) in [4.78, 5) is 25.3. The number of carbonyl (C=O) groups excluding carboxylic acids is 1. The number of rotatable bonds is 8. The van der Waals surface area contributed by atoms with Crippen molar-refractivity contribution in [1.82, 2.24) is 0 Å². The van der Waals surface area contributed by atoms with E-state index in [1.807, 2.05) is 6.92 Å². The van der Waals surface area contributed by atoms with Crippen molar-refractivity contribution in [2.24, 2.45) is 0 Å². The van der Waals surface area contributed by atoms with E-state index in [0.29, 0.717) is 23.6 Å². The SMILES string of the molecule is CCOc1ccc(NC(=O)COc2ccc3c(=O)c(Oc4cc(C)ccc4C)c(C(F)(F)F)oc3c2)cc1. The van der Waals surface area contributed by atoms with Crippen molar-refractivity contribution in [2.75, 3.05) is 18.5 Å². The maximum atomic E-state index is 13.9. The number of aryl methyl sites for hydroxylation is 2. The molecule has 1 aromatic heterocycles. The molecule has 0 aliphatic rings. The fourth-order valence-corrected chi connectivity index (χ4v) is 3.60. The molecule has 4 rings (SSSR count). The van der Waals surface area contributed by atoms with Gasteiger partial charge in [0.2, 0.25) is 11.2 Å². The number of carbonyl (C=O) groups is 1. The zero-order valence-corrected chi connectivity index (χ0v) is 20.8. The molecule has 0 saturated heterocycles. The number of hydrogen-bond donors (Lipinski definition) is 1. The second kappa shape index (κ2) is 10.9. The summed E-state index contributed by atoms with van der Waals surface area (Å²) in [7, 11) is 0. The predicted molar refractivity (Wildman–Crippen MR) is 135 cm³/mol. The van der Waals surface area contributed by atoms with Crippen LogP contribution in [0.1, 0.15) is 23.8 Å². The minimum absolute atomic E-state index is 0.0406. The average Bonchev–Trinajstić information content (AvgIpc) is 2.87. The van der Waals surface area contributed by atoms with Gasteiger partial charge >= 0.3 is 6.18 Å². The summed E-state index contributed by atoms with van der Waals surface area (Å²) in [5, 5.41) is 2.50. The molecule has 10 heteroatoms. The minimum Gasteiger partial charge on any atom is -0.494 e. The van der Waals surface area contributed by atoms with E-state index in [1.54, 1.807) is 50.2 Å². The lowest BCUT2D eigenvalue weighted by Crippen LogP contribution is -2.20. The fraction of sp³-hybridized carbons (Fsp3) is 0.214. The molecule has 0 aliphatic heterocycles. The van der Waals surface area contributed by atoms with E-state index in [-0.39, 0.29) is 22.5 Å². The highest BCUT2D eigenvalue weighted by Crippen LogP contribution is 2.39. The maximum Gasteiger partial charge on any atom is 0.453 e. The van der Waals surface area contributed by atoms with E-state index < -0.39 is 35.6 Å². The first kappa shape index (κ1) is 26.6. The number of nitrogens with one attached hydrogen (secondary N) is 1. The van der Waals surface area contributed by atoms with Crippen molar-refractivity contribution >= 4 is 22.6 Å². The Bertz CT molecular complexity index is 1530. The summed E-state index contributed by atoms with van der Waals surface area (Å²) in [6.45, 7) is 5.34. The first-order valence-corrected chi connectivity index (χ1v) is 11.6. The molecule has 0 atom stereocenters. The van der Waals surface area contributed by atoms with Crippen LogP contribution in [0.4, 0.5) is 18.9 Å². The molecule has 0 aliphatic carbocycles. The monoisotopic (exact) mass is 527 g/mol. The van der Waals surface area contributed by atoms with E-state index >= 15 is 0 Å². The second-order valence-electron chi connectivity index (χ2n) is 8.41. The van der Waals surface area contributed by atoms with Gasteiger partial charge in [-0.2, -0.15) is 13.2 Å². The molecule has 38 heavy (non-hydrogen) atoms. The maximum absolute atomic E-state index is 13.9. The molecule has 4 aromatic rings. The van der Waals surface area contributed by atoms with Gasteiger partial charge in [-0.25, -0.2) is 0 Å². The summed E-state index contributed by atoms with van der Waals surface area (Å²) in [5.41, 5.74) is 0.463. The minimum atomic E-state index is -5.01. The summed E-state index contributed by atoms with van der Waals surface area (Å²) >= 11 is 0. The Balaban J connectivity index is 1.57. The average molecular weight is 527 g/mol. The van der Waals surface area contributed by atoms with Crippen molar-refractivity contribution < 1.29 is 36.6 Å². The van der Waals surface area contributed by atoms with E-state index in [4.69, 9.17) is 18.6 Å². The van der Waals surface area contributed by atoms with Gasteiger partial charge < -0.3 is 23.9 Å².